The first-order valence-electron chi connectivity index (χ1n) is 5.45. The molecule has 2 unspecified atom stereocenters. The van der Waals surface area contributed by atoms with Crippen molar-refractivity contribution < 1.29 is 8.63 Å². The highest BCUT2D eigenvalue weighted by Crippen LogP contribution is 2.08. The van der Waals surface area contributed by atoms with E-state index in [4.69, 9.17) is 4.42 Å². The molecule has 2 atom stereocenters. The number of nitrogens with one attached hydrogen (secondary N) is 1. The van der Waals surface area contributed by atoms with Gasteiger partial charge < -0.3 is 9.73 Å². The van der Waals surface area contributed by atoms with E-state index in [0.29, 0.717) is 12.6 Å². The van der Waals surface area contributed by atoms with Crippen LogP contribution in [0.5, 0.6) is 0 Å². The van der Waals surface area contributed by atoms with Crippen molar-refractivity contribution in [3.63, 3.8) is 0 Å². The van der Waals surface area contributed by atoms with Crippen LogP contribution in [-0.4, -0.2) is 27.2 Å². The molecule has 0 aliphatic rings. The Bertz CT molecular complexity index is 343. The Hall–Kier alpha value is -0.680. The van der Waals surface area contributed by atoms with Crippen molar-refractivity contribution in [3.8, 4) is 0 Å². The third-order valence-corrected chi connectivity index (χ3v) is 3.32. The van der Waals surface area contributed by atoms with Gasteiger partial charge in [0.15, 0.2) is 0 Å². The summed E-state index contributed by atoms with van der Waals surface area (Å²) in [7, 11) is -0.713. The average Bonchev–Trinajstić information content (AvgIpc) is 2.52. The van der Waals surface area contributed by atoms with Gasteiger partial charge in [0, 0.05) is 28.9 Å². The smallest absolute Gasteiger partial charge is 0.208 e. The van der Waals surface area contributed by atoms with Crippen molar-refractivity contribution in [1.82, 2.24) is 10.3 Å². The Morgan fingerprint density at radius 2 is 2.19 bits per heavy atom. The SMILES string of the molecule is Cc1nc(CNC(C)CCS(C)=O)oc1C. The standard InChI is InChI=1S/C11H20N2O2S/c1-8(5-6-16(4)14)12-7-11-13-9(2)10(3)15-11/h8,12H,5-7H2,1-4H3. The summed E-state index contributed by atoms with van der Waals surface area (Å²) in [6.45, 7) is 6.56. The van der Waals surface area contributed by atoms with Gasteiger partial charge in [0.05, 0.1) is 12.2 Å². The van der Waals surface area contributed by atoms with Gasteiger partial charge in [0.2, 0.25) is 5.89 Å². The molecule has 16 heavy (non-hydrogen) atoms. The predicted octanol–water partition coefficient (Wildman–Crippen LogP) is 1.54. The summed E-state index contributed by atoms with van der Waals surface area (Å²) in [5.41, 5.74) is 0.944. The zero-order valence-corrected chi connectivity index (χ0v) is 11.2. The molecule has 0 saturated heterocycles. The fraction of sp³-hybridized carbons (Fsp3) is 0.727. The lowest BCUT2D eigenvalue weighted by Crippen LogP contribution is -2.27. The van der Waals surface area contributed by atoms with Gasteiger partial charge in [-0.05, 0) is 27.2 Å². The van der Waals surface area contributed by atoms with E-state index in [1.54, 1.807) is 6.26 Å². The summed E-state index contributed by atoms with van der Waals surface area (Å²) in [5.74, 6) is 2.33. The number of hydrogen-bond donors (Lipinski definition) is 1. The van der Waals surface area contributed by atoms with E-state index in [1.807, 2.05) is 13.8 Å². The molecule has 1 N–H and O–H groups in total. The molecule has 0 bridgehead atoms. The molecule has 0 aliphatic heterocycles. The zero-order valence-electron chi connectivity index (χ0n) is 10.4. The molecule has 0 amide bonds. The summed E-state index contributed by atoms with van der Waals surface area (Å²) >= 11 is 0. The van der Waals surface area contributed by atoms with Gasteiger partial charge in [-0.3, -0.25) is 4.21 Å². The zero-order chi connectivity index (χ0) is 12.1. The van der Waals surface area contributed by atoms with Gasteiger partial charge in [-0.2, -0.15) is 0 Å². The first kappa shape index (κ1) is 13.4. The molecule has 5 heteroatoms. The van der Waals surface area contributed by atoms with Crippen molar-refractivity contribution in [2.24, 2.45) is 0 Å². The lowest BCUT2D eigenvalue weighted by atomic mass is 10.2. The number of hydrogen-bond acceptors (Lipinski definition) is 4. The van der Waals surface area contributed by atoms with Crippen molar-refractivity contribution >= 4 is 10.8 Å². The lowest BCUT2D eigenvalue weighted by molar-refractivity contribution is 0.425. The molecule has 0 spiro atoms. The quantitative estimate of drug-likeness (QED) is 0.824. The lowest BCUT2D eigenvalue weighted by Gasteiger charge is -2.10. The molecule has 1 aromatic heterocycles. The van der Waals surface area contributed by atoms with Crippen LogP contribution < -0.4 is 5.32 Å². The second kappa shape index (κ2) is 6.15. The molecule has 0 aliphatic carbocycles. The molecule has 0 saturated carbocycles. The van der Waals surface area contributed by atoms with Crippen LogP contribution in [0.25, 0.3) is 0 Å². The maximum Gasteiger partial charge on any atom is 0.208 e. The van der Waals surface area contributed by atoms with E-state index < -0.39 is 10.8 Å². The first-order valence-corrected chi connectivity index (χ1v) is 7.18. The number of oxazole rings is 1. The number of aryl methyl sites for hydroxylation is 2. The molecule has 1 heterocycles. The molecule has 4 nitrogen and oxygen atoms in total. The Morgan fingerprint density at radius 3 is 2.69 bits per heavy atom. The van der Waals surface area contributed by atoms with Gasteiger partial charge in [-0.1, -0.05) is 0 Å². The number of nitrogens with zero attached hydrogens (tertiary/aromatic N) is 1. The fourth-order valence-corrected chi connectivity index (χ4v) is 2.01. The normalized spacial score (nSPS) is 15.0. The summed E-state index contributed by atoms with van der Waals surface area (Å²) in [6, 6.07) is 0.330. The second-order valence-electron chi connectivity index (χ2n) is 4.10. The van der Waals surface area contributed by atoms with Crippen molar-refractivity contribution in [2.75, 3.05) is 12.0 Å². The minimum absolute atomic E-state index is 0.330. The average molecular weight is 244 g/mol. The Labute approximate surface area is 99.3 Å². The van der Waals surface area contributed by atoms with E-state index >= 15 is 0 Å². The van der Waals surface area contributed by atoms with Gasteiger partial charge in [0.25, 0.3) is 0 Å². The van der Waals surface area contributed by atoms with Crippen molar-refractivity contribution in [3.05, 3.63) is 17.3 Å². The van der Waals surface area contributed by atoms with Gasteiger partial charge in [0.1, 0.15) is 5.76 Å². The predicted molar refractivity (Wildman–Crippen MR) is 65.8 cm³/mol. The van der Waals surface area contributed by atoms with Crippen LogP contribution in [0.2, 0.25) is 0 Å². The second-order valence-corrected chi connectivity index (χ2v) is 5.65. The minimum Gasteiger partial charge on any atom is -0.444 e. The van der Waals surface area contributed by atoms with Crippen LogP contribution >= 0.6 is 0 Å². The molecule has 1 rings (SSSR count). The fourth-order valence-electron chi connectivity index (χ4n) is 1.32. The van der Waals surface area contributed by atoms with Crippen LogP contribution in [0.4, 0.5) is 0 Å². The number of aromatic nitrogens is 1. The third-order valence-electron chi connectivity index (χ3n) is 2.51. The molecular weight excluding hydrogens is 224 g/mol. The summed E-state index contributed by atoms with van der Waals surface area (Å²) in [5, 5.41) is 3.30. The molecule has 0 aromatic carbocycles. The highest BCUT2D eigenvalue weighted by atomic mass is 32.2. The molecule has 0 fully saturated rings. The Kier molecular flexibility index (Phi) is 5.15. The molecular formula is C11H20N2O2S. The van der Waals surface area contributed by atoms with E-state index in [2.05, 4.69) is 17.2 Å². The van der Waals surface area contributed by atoms with Crippen molar-refractivity contribution in [2.45, 2.75) is 39.8 Å². The largest absolute Gasteiger partial charge is 0.444 e. The molecule has 0 radical (unpaired) electrons. The number of rotatable bonds is 6. The first-order chi connectivity index (χ1) is 7.49. The molecule has 1 aromatic rings. The van der Waals surface area contributed by atoms with Crippen LogP contribution in [-0.2, 0) is 17.3 Å². The van der Waals surface area contributed by atoms with E-state index in [1.165, 1.54) is 0 Å². The summed E-state index contributed by atoms with van der Waals surface area (Å²) < 4.78 is 16.4. The Balaban J connectivity index is 2.31. The van der Waals surface area contributed by atoms with Crippen LogP contribution in [0.1, 0.15) is 30.7 Å². The summed E-state index contributed by atoms with van der Waals surface area (Å²) in [4.78, 5) is 4.29. The maximum atomic E-state index is 10.9. The van der Waals surface area contributed by atoms with Crippen LogP contribution in [0, 0.1) is 13.8 Å². The van der Waals surface area contributed by atoms with Crippen LogP contribution in [0.15, 0.2) is 4.42 Å². The minimum atomic E-state index is -0.713. The van der Waals surface area contributed by atoms with Gasteiger partial charge in [-0.25, -0.2) is 4.98 Å². The van der Waals surface area contributed by atoms with Crippen molar-refractivity contribution in [1.29, 1.82) is 0 Å². The van der Waals surface area contributed by atoms with E-state index in [0.717, 1.165) is 29.5 Å². The van der Waals surface area contributed by atoms with E-state index in [-0.39, 0.29) is 0 Å². The third kappa shape index (κ3) is 4.45. The van der Waals surface area contributed by atoms with Gasteiger partial charge >= 0.3 is 0 Å². The van der Waals surface area contributed by atoms with Crippen LogP contribution in [0.3, 0.4) is 0 Å². The van der Waals surface area contributed by atoms with E-state index in [9.17, 15) is 4.21 Å². The van der Waals surface area contributed by atoms with Gasteiger partial charge in [-0.15, -0.1) is 0 Å². The topological polar surface area (TPSA) is 55.1 Å². The highest BCUT2D eigenvalue weighted by Gasteiger charge is 2.07. The summed E-state index contributed by atoms with van der Waals surface area (Å²) in [6.07, 6.45) is 2.63. The Morgan fingerprint density at radius 1 is 1.50 bits per heavy atom. The highest BCUT2D eigenvalue weighted by molar-refractivity contribution is 7.84. The molecule has 92 valence electrons. The maximum absolute atomic E-state index is 10.9. The monoisotopic (exact) mass is 244 g/mol.